The molecule has 0 bridgehead atoms. The van der Waals surface area contributed by atoms with Crippen LogP contribution in [0.3, 0.4) is 0 Å². The minimum absolute atomic E-state index is 0.283. The van der Waals surface area contributed by atoms with Crippen LogP contribution in [0.2, 0.25) is 0 Å². The third kappa shape index (κ3) is 2.71. The van der Waals surface area contributed by atoms with Crippen molar-refractivity contribution < 1.29 is 8.42 Å². The number of piperazine rings is 1. The molecule has 0 radical (unpaired) electrons. The van der Waals surface area contributed by atoms with Gasteiger partial charge in [0.15, 0.2) is 9.84 Å². The van der Waals surface area contributed by atoms with Gasteiger partial charge in [-0.15, -0.1) is 0 Å². The van der Waals surface area contributed by atoms with Crippen molar-refractivity contribution in [1.82, 2.24) is 10.2 Å². The largest absolute Gasteiger partial charge is 0.311 e. The van der Waals surface area contributed by atoms with Crippen LogP contribution >= 0.6 is 0 Å². The van der Waals surface area contributed by atoms with Crippen molar-refractivity contribution in [2.75, 3.05) is 31.1 Å². The summed E-state index contributed by atoms with van der Waals surface area (Å²) in [6.45, 7) is 5.18. The molecule has 2 saturated heterocycles. The molecule has 0 aliphatic carbocycles. The average molecular weight is 232 g/mol. The molecule has 2 heterocycles. The Balaban J connectivity index is 1.94. The second-order valence-electron chi connectivity index (χ2n) is 4.61. The smallest absolute Gasteiger partial charge is 0.151 e. The number of sulfone groups is 1. The molecule has 4 nitrogen and oxygen atoms in total. The van der Waals surface area contributed by atoms with Crippen LogP contribution < -0.4 is 5.32 Å². The highest BCUT2D eigenvalue weighted by molar-refractivity contribution is 7.91. The molecule has 88 valence electrons. The molecule has 2 aliphatic heterocycles. The molecule has 0 aromatic rings. The Kier molecular flexibility index (Phi) is 3.33. The topological polar surface area (TPSA) is 49.4 Å². The fraction of sp³-hybridized carbons (Fsp3) is 1.00. The zero-order chi connectivity index (χ0) is 10.9. The summed E-state index contributed by atoms with van der Waals surface area (Å²) in [5, 5.41) is 3.45. The molecule has 0 saturated carbocycles. The Labute approximate surface area is 91.9 Å². The van der Waals surface area contributed by atoms with Gasteiger partial charge in [0, 0.05) is 31.7 Å². The van der Waals surface area contributed by atoms with Crippen LogP contribution in [-0.2, 0) is 9.84 Å². The van der Waals surface area contributed by atoms with Gasteiger partial charge in [0.2, 0.25) is 0 Å². The fourth-order valence-electron chi connectivity index (χ4n) is 2.52. The van der Waals surface area contributed by atoms with Crippen LogP contribution in [0.5, 0.6) is 0 Å². The van der Waals surface area contributed by atoms with E-state index >= 15 is 0 Å². The van der Waals surface area contributed by atoms with E-state index in [2.05, 4.69) is 17.1 Å². The number of hydrogen-bond donors (Lipinski definition) is 1. The van der Waals surface area contributed by atoms with Crippen LogP contribution in [-0.4, -0.2) is 56.5 Å². The van der Waals surface area contributed by atoms with E-state index in [1.807, 2.05) is 0 Å². The van der Waals surface area contributed by atoms with E-state index in [1.165, 1.54) is 0 Å². The van der Waals surface area contributed by atoms with Crippen LogP contribution in [0.1, 0.15) is 19.8 Å². The SMILES string of the molecule is CCC1CN(C2CCS(=O)(=O)C2)CCN1. The fourth-order valence-corrected chi connectivity index (χ4v) is 4.28. The van der Waals surface area contributed by atoms with Crippen molar-refractivity contribution >= 4 is 9.84 Å². The van der Waals surface area contributed by atoms with Crippen molar-refractivity contribution in [2.24, 2.45) is 0 Å². The molecule has 2 atom stereocenters. The molecule has 0 aromatic carbocycles. The quantitative estimate of drug-likeness (QED) is 0.720. The minimum atomic E-state index is -2.73. The summed E-state index contributed by atoms with van der Waals surface area (Å²) >= 11 is 0. The second kappa shape index (κ2) is 4.39. The third-order valence-electron chi connectivity index (χ3n) is 3.50. The molecule has 2 rings (SSSR count). The summed E-state index contributed by atoms with van der Waals surface area (Å²) in [5.74, 6) is 0.766. The zero-order valence-electron chi connectivity index (χ0n) is 9.28. The van der Waals surface area contributed by atoms with Gasteiger partial charge in [-0.3, -0.25) is 4.90 Å². The zero-order valence-corrected chi connectivity index (χ0v) is 10.1. The van der Waals surface area contributed by atoms with E-state index < -0.39 is 9.84 Å². The first-order valence-corrected chi connectivity index (χ1v) is 7.61. The summed E-state index contributed by atoms with van der Waals surface area (Å²) in [4.78, 5) is 2.36. The van der Waals surface area contributed by atoms with Crippen LogP contribution in [0, 0.1) is 0 Å². The first kappa shape index (κ1) is 11.4. The predicted octanol–water partition coefficient (Wildman–Crippen LogP) is -0.143. The van der Waals surface area contributed by atoms with Crippen molar-refractivity contribution in [3.8, 4) is 0 Å². The summed E-state index contributed by atoms with van der Waals surface area (Å²) in [7, 11) is -2.73. The monoisotopic (exact) mass is 232 g/mol. The molecule has 2 fully saturated rings. The number of nitrogens with zero attached hydrogens (tertiary/aromatic N) is 1. The lowest BCUT2D eigenvalue weighted by atomic mass is 10.1. The van der Waals surface area contributed by atoms with Gasteiger partial charge in [-0.1, -0.05) is 6.92 Å². The normalized spacial score (nSPS) is 36.9. The van der Waals surface area contributed by atoms with E-state index in [0.717, 1.165) is 32.5 Å². The predicted molar refractivity (Wildman–Crippen MR) is 60.7 cm³/mol. The van der Waals surface area contributed by atoms with E-state index in [0.29, 0.717) is 17.5 Å². The molecule has 2 aliphatic rings. The molecule has 2 unspecified atom stereocenters. The van der Waals surface area contributed by atoms with Crippen LogP contribution in [0.25, 0.3) is 0 Å². The maximum absolute atomic E-state index is 11.4. The van der Waals surface area contributed by atoms with Gasteiger partial charge in [0.05, 0.1) is 11.5 Å². The van der Waals surface area contributed by atoms with Gasteiger partial charge >= 0.3 is 0 Å². The lowest BCUT2D eigenvalue weighted by Crippen LogP contribution is -2.54. The van der Waals surface area contributed by atoms with E-state index in [1.54, 1.807) is 0 Å². The van der Waals surface area contributed by atoms with Gasteiger partial charge in [-0.2, -0.15) is 0 Å². The second-order valence-corrected chi connectivity index (χ2v) is 6.84. The lowest BCUT2D eigenvalue weighted by Gasteiger charge is -2.36. The Morgan fingerprint density at radius 3 is 2.87 bits per heavy atom. The van der Waals surface area contributed by atoms with Crippen molar-refractivity contribution in [1.29, 1.82) is 0 Å². The van der Waals surface area contributed by atoms with Crippen molar-refractivity contribution in [2.45, 2.75) is 31.8 Å². The number of rotatable bonds is 2. The maximum atomic E-state index is 11.4. The summed E-state index contributed by atoms with van der Waals surface area (Å²) < 4.78 is 22.8. The molecular formula is C10H20N2O2S. The molecule has 1 N–H and O–H groups in total. The van der Waals surface area contributed by atoms with Gasteiger partial charge < -0.3 is 5.32 Å². The Hall–Kier alpha value is -0.130. The lowest BCUT2D eigenvalue weighted by molar-refractivity contribution is 0.153. The van der Waals surface area contributed by atoms with Gasteiger partial charge in [-0.25, -0.2) is 8.42 Å². The minimum Gasteiger partial charge on any atom is -0.311 e. The third-order valence-corrected chi connectivity index (χ3v) is 5.25. The Morgan fingerprint density at radius 2 is 2.27 bits per heavy atom. The number of nitrogens with one attached hydrogen (secondary N) is 1. The first-order valence-electron chi connectivity index (χ1n) is 5.78. The van der Waals surface area contributed by atoms with E-state index in [-0.39, 0.29) is 6.04 Å². The molecule has 0 spiro atoms. The van der Waals surface area contributed by atoms with Crippen LogP contribution in [0.4, 0.5) is 0 Å². The van der Waals surface area contributed by atoms with Gasteiger partial charge in [0.25, 0.3) is 0 Å². The highest BCUT2D eigenvalue weighted by Gasteiger charge is 2.33. The van der Waals surface area contributed by atoms with Gasteiger partial charge in [-0.05, 0) is 12.8 Å². The number of hydrogen-bond acceptors (Lipinski definition) is 4. The Bertz CT molecular complexity index is 315. The average Bonchev–Trinajstić information content (AvgIpc) is 2.59. The summed E-state index contributed by atoms with van der Waals surface area (Å²) in [5.41, 5.74) is 0. The molecule has 15 heavy (non-hydrogen) atoms. The van der Waals surface area contributed by atoms with Crippen molar-refractivity contribution in [3.05, 3.63) is 0 Å². The van der Waals surface area contributed by atoms with Crippen molar-refractivity contribution in [3.63, 3.8) is 0 Å². The molecule has 5 heteroatoms. The standard InChI is InChI=1S/C10H20N2O2S/c1-2-9-7-12(5-4-11-9)10-3-6-15(13,14)8-10/h9-11H,2-8H2,1H3. The maximum Gasteiger partial charge on any atom is 0.151 e. The Morgan fingerprint density at radius 1 is 1.47 bits per heavy atom. The first-order chi connectivity index (χ1) is 7.11. The summed E-state index contributed by atoms with van der Waals surface area (Å²) in [6.07, 6.45) is 1.95. The van der Waals surface area contributed by atoms with E-state index in [4.69, 9.17) is 0 Å². The van der Waals surface area contributed by atoms with Crippen LogP contribution in [0.15, 0.2) is 0 Å². The highest BCUT2D eigenvalue weighted by Crippen LogP contribution is 2.19. The molecule has 0 aromatic heterocycles. The van der Waals surface area contributed by atoms with Gasteiger partial charge in [0.1, 0.15) is 0 Å². The molecular weight excluding hydrogens is 212 g/mol. The van der Waals surface area contributed by atoms with E-state index in [9.17, 15) is 8.42 Å². The molecule has 0 amide bonds. The summed E-state index contributed by atoms with van der Waals surface area (Å²) in [6, 6.07) is 0.827. The highest BCUT2D eigenvalue weighted by atomic mass is 32.2.